The van der Waals surface area contributed by atoms with E-state index in [2.05, 4.69) is 34.1 Å². The lowest BCUT2D eigenvalue weighted by Crippen LogP contribution is -2.23. The van der Waals surface area contributed by atoms with Gasteiger partial charge in [0.1, 0.15) is 0 Å². The van der Waals surface area contributed by atoms with Crippen molar-refractivity contribution in [3.63, 3.8) is 0 Å². The van der Waals surface area contributed by atoms with Crippen molar-refractivity contribution >= 4 is 11.9 Å². The summed E-state index contributed by atoms with van der Waals surface area (Å²) in [5, 5.41) is 2.92. The molecule has 0 saturated carbocycles. The van der Waals surface area contributed by atoms with Gasteiger partial charge in [0.2, 0.25) is 11.9 Å². The first-order valence-corrected chi connectivity index (χ1v) is 6.34. The molecule has 1 heterocycles. The summed E-state index contributed by atoms with van der Waals surface area (Å²) in [4.78, 5) is 14.8. The van der Waals surface area contributed by atoms with E-state index in [1.807, 2.05) is 18.9 Å². The Kier molecular flexibility index (Phi) is 5.61. The van der Waals surface area contributed by atoms with Gasteiger partial charge in [0.15, 0.2) is 0 Å². The smallest absolute Gasteiger partial charge is 0.323 e. The number of hydrogen-bond donors (Lipinski definition) is 1. The average molecular weight is 253 g/mol. The summed E-state index contributed by atoms with van der Waals surface area (Å²) in [6.45, 7) is 7.77. The van der Waals surface area contributed by atoms with Gasteiger partial charge in [-0.25, -0.2) is 0 Å². The third kappa shape index (κ3) is 4.35. The second-order valence-corrected chi connectivity index (χ2v) is 4.53. The topological polar surface area (TPSA) is 63.2 Å². The Morgan fingerprint density at radius 1 is 1.28 bits per heavy atom. The highest BCUT2D eigenvalue weighted by molar-refractivity contribution is 5.37. The normalized spacial score (nSPS) is 10.6. The standard InChI is InChI=1S/C12H23N5O/c1-6-18-12-15-10(13-4)14-11(16-12)17(5)8-7-9(2)3/h9H,6-8H2,1-5H3,(H,13,14,15,16). The van der Waals surface area contributed by atoms with Crippen LogP contribution in [0.25, 0.3) is 0 Å². The van der Waals surface area contributed by atoms with Crippen LogP contribution < -0.4 is 15.0 Å². The molecule has 0 unspecified atom stereocenters. The maximum absolute atomic E-state index is 5.34. The maximum atomic E-state index is 5.34. The van der Waals surface area contributed by atoms with Gasteiger partial charge in [-0.2, -0.15) is 15.0 Å². The van der Waals surface area contributed by atoms with E-state index < -0.39 is 0 Å². The molecule has 0 radical (unpaired) electrons. The van der Waals surface area contributed by atoms with Gasteiger partial charge in [0.25, 0.3) is 0 Å². The Bertz CT molecular complexity index is 369. The van der Waals surface area contributed by atoms with Crippen molar-refractivity contribution in [2.75, 3.05) is 37.5 Å². The molecule has 102 valence electrons. The fourth-order valence-corrected chi connectivity index (χ4v) is 1.37. The van der Waals surface area contributed by atoms with Gasteiger partial charge in [0.05, 0.1) is 6.61 Å². The predicted molar refractivity (Wildman–Crippen MR) is 73.3 cm³/mol. The number of ether oxygens (including phenoxy) is 1. The fraction of sp³-hybridized carbons (Fsp3) is 0.750. The highest BCUT2D eigenvalue weighted by Crippen LogP contribution is 2.14. The third-order valence-corrected chi connectivity index (χ3v) is 2.48. The molecule has 6 heteroatoms. The minimum Gasteiger partial charge on any atom is -0.464 e. The van der Waals surface area contributed by atoms with Crippen molar-refractivity contribution in [2.24, 2.45) is 5.92 Å². The van der Waals surface area contributed by atoms with Crippen LogP contribution in [0, 0.1) is 5.92 Å². The number of nitrogens with one attached hydrogen (secondary N) is 1. The quantitative estimate of drug-likeness (QED) is 0.799. The third-order valence-electron chi connectivity index (χ3n) is 2.48. The van der Waals surface area contributed by atoms with Crippen molar-refractivity contribution in [3.8, 4) is 6.01 Å². The first-order chi connectivity index (χ1) is 8.56. The van der Waals surface area contributed by atoms with E-state index in [1.165, 1.54) is 0 Å². The Labute approximate surface area is 109 Å². The lowest BCUT2D eigenvalue weighted by Gasteiger charge is -2.18. The Morgan fingerprint density at radius 2 is 2.00 bits per heavy atom. The predicted octanol–water partition coefficient (Wildman–Crippen LogP) is 1.79. The van der Waals surface area contributed by atoms with Gasteiger partial charge in [-0.05, 0) is 19.3 Å². The second kappa shape index (κ2) is 6.98. The van der Waals surface area contributed by atoms with E-state index in [-0.39, 0.29) is 0 Å². The van der Waals surface area contributed by atoms with Crippen LogP contribution in [-0.4, -0.2) is 42.2 Å². The summed E-state index contributed by atoms with van der Waals surface area (Å²) < 4.78 is 5.34. The van der Waals surface area contributed by atoms with E-state index in [4.69, 9.17) is 4.74 Å². The van der Waals surface area contributed by atoms with Gasteiger partial charge in [-0.15, -0.1) is 0 Å². The van der Waals surface area contributed by atoms with Crippen LogP contribution in [0.4, 0.5) is 11.9 Å². The van der Waals surface area contributed by atoms with Crippen LogP contribution in [0.15, 0.2) is 0 Å². The molecule has 0 aliphatic rings. The molecule has 0 amide bonds. The van der Waals surface area contributed by atoms with Gasteiger partial charge >= 0.3 is 6.01 Å². The molecule has 0 fully saturated rings. The molecule has 1 aromatic heterocycles. The SMILES string of the molecule is CCOc1nc(NC)nc(N(C)CCC(C)C)n1. The van der Waals surface area contributed by atoms with Gasteiger partial charge in [-0.1, -0.05) is 13.8 Å². The Hall–Kier alpha value is -1.59. The van der Waals surface area contributed by atoms with Crippen molar-refractivity contribution < 1.29 is 4.74 Å². The highest BCUT2D eigenvalue weighted by Gasteiger charge is 2.10. The summed E-state index contributed by atoms with van der Waals surface area (Å²) in [5.41, 5.74) is 0. The molecular formula is C12H23N5O. The van der Waals surface area contributed by atoms with Crippen LogP contribution in [0.3, 0.4) is 0 Å². The second-order valence-electron chi connectivity index (χ2n) is 4.53. The largest absolute Gasteiger partial charge is 0.464 e. The number of nitrogens with zero attached hydrogens (tertiary/aromatic N) is 4. The first-order valence-electron chi connectivity index (χ1n) is 6.34. The summed E-state index contributed by atoms with van der Waals surface area (Å²) in [6.07, 6.45) is 1.10. The monoisotopic (exact) mass is 253 g/mol. The molecule has 18 heavy (non-hydrogen) atoms. The minimum absolute atomic E-state index is 0.364. The zero-order chi connectivity index (χ0) is 13.5. The molecule has 1 aromatic rings. The molecule has 0 aliphatic carbocycles. The molecular weight excluding hydrogens is 230 g/mol. The Balaban J connectivity index is 2.82. The summed E-state index contributed by atoms with van der Waals surface area (Å²) >= 11 is 0. The van der Waals surface area contributed by atoms with Crippen LogP contribution in [-0.2, 0) is 0 Å². The van der Waals surface area contributed by atoms with Gasteiger partial charge in [0, 0.05) is 20.6 Å². The number of rotatable bonds is 7. The van der Waals surface area contributed by atoms with E-state index >= 15 is 0 Å². The van der Waals surface area contributed by atoms with E-state index in [1.54, 1.807) is 7.05 Å². The zero-order valence-corrected chi connectivity index (χ0v) is 11.9. The summed E-state index contributed by atoms with van der Waals surface area (Å²) in [7, 11) is 3.76. The molecule has 1 N–H and O–H groups in total. The van der Waals surface area contributed by atoms with E-state index in [0.29, 0.717) is 30.4 Å². The average Bonchev–Trinajstić information content (AvgIpc) is 2.35. The Morgan fingerprint density at radius 3 is 2.56 bits per heavy atom. The van der Waals surface area contributed by atoms with Crippen molar-refractivity contribution in [3.05, 3.63) is 0 Å². The molecule has 0 spiro atoms. The number of anilines is 2. The number of hydrogen-bond acceptors (Lipinski definition) is 6. The highest BCUT2D eigenvalue weighted by atomic mass is 16.5. The molecule has 1 rings (SSSR count). The zero-order valence-electron chi connectivity index (χ0n) is 11.9. The molecule has 0 aromatic carbocycles. The molecule has 6 nitrogen and oxygen atoms in total. The van der Waals surface area contributed by atoms with Crippen molar-refractivity contribution in [2.45, 2.75) is 27.2 Å². The molecule has 0 aliphatic heterocycles. The van der Waals surface area contributed by atoms with Crippen LogP contribution >= 0.6 is 0 Å². The van der Waals surface area contributed by atoms with Crippen molar-refractivity contribution in [1.29, 1.82) is 0 Å². The first kappa shape index (κ1) is 14.5. The number of aromatic nitrogens is 3. The van der Waals surface area contributed by atoms with E-state index in [0.717, 1.165) is 13.0 Å². The molecule has 0 saturated heterocycles. The van der Waals surface area contributed by atoms with Gasteiger partial charge in [-0.3, -0.25) is 0 Å². The minimum atomic E-state index is 0.364. The lowest BCUT2D eigenvalue weighted by atomic mass is 10.1. The summed E-state index contributed by atoms with van der Waals surface area (Å²) in [5.74, 6) is 1.82. The molecule has 0 atom stereocenters. The van der Waals surface area contributed by atoms with Crippen LogP contribution in [0.5, 0.6) is 6.01 Å². The molecule has 0 bridgehead atoms. The van der Waals surface area contributed by atoms with Gasteiger partial charge < -0.3 is 15.0 Å². The van der Waals surface area contributed by atoms with Crippen molar-refractivity contribution in [1.82, 2.24) is 15.0 Å². The lowest BCUT2D eigenvalue weighted by molar-refractivity contribution is 0.312. The summed E-state index contributed by atoms with van der Waals surface area (Å²) in [6, 6.07) is 0.364. The van der Waals surface area contributed by atoms with Crippen LogP contribution in [0.1, 0.15) is 27.2 Å². The fourth-order valence-electron chi connectivity index (χ4n) is 1.37. The van der Waals surface area contributed by atoms with Crippen LogP contribution in [0.2, 0.25) is 0 Å². The maximum Gasteiger partial charge on any atom is 0.323 e. The van der Waals surface area contributed by atoms with E-state index in [9.17, 15) is 0 Å².